The summed E-state index contributed by atoms with van der Waals surface area (Å²) in [6, 6.07) is 3.29. The molecule has 0 aliphatic rings. The first-order valence-corrected chi connectivity index (χ1v) is 4.86. The minimum absolute atomic E-state index is 0.276. The minimum Gasteiger partial charge on any atom is -0.326 e. The van der Waals surface area contributed by atoms with Gasteiger partial charge in [-0.05, 0) is 24.6 Å². The van der Waals surface area contributed by atoms with Crippen LogP contribution in [-0.2, 0) is 0 Å². The van der Waals surface area contributed by atoms with Crippen LogP contribution in [0.15, 0.2) is 27.6 Å². The average molecular weight is 256 g/mol. The van der Waals surface area contributed by atoms with Gasteiger partial charge in [-0.2, -0.15) is 0 Å². The first kappa shape index (κ1) is 9.40. The number of halogens is 2. The van der Waals surface area contributed by atoms with Gasteiger partial charge in [0.15, 0.2) is 0 Å². The molecule has 0 aliphatic heterocycles. The van der Waals surface area contributed by atoms with Crippen molar-refractivity contribution in [2.75, 3.05) is 0 Å². The van der Waals surface area contributed by atoms with Crippen LogP contribution in [-0.4, -0.2) is 4.98 Å². The van der Waals surface area contributed by atoms with E-state index in [9.17, 15) is 9.18 Å². The lowest BCUT2D eigenvalue weighted by Gasteiger charge is -2.02. The fraction of sp³-hybridized carbons (Fsp3) is 0.100. The summed E-state index contributed by atoms with van der Waals surface area (Å²) in [5.41, 5.74) is 0.629. The third-order valence-electron chi connectivity index (χ3n) is 2.13. The van der Waals surface area contributed by atoms with Crippen LogP contribution in [0, 0.1) is 12.7 Å². The monoisotopic (exact) mass is 255 g/mol. The van der Waals surface area contributed by atoms with Crippen LogP contribution in [0.5, 0.6) is 0 Å². The van der Waals surface area contributed by atoms with Crippen molar-refractivity contribution < 1.29 is 4.39 Å². The Kier molecular flexibility index (Phi) is 2.15. The molecule has 2 nitrogen and oxygen atoms in total. The molecule has 0 radical (unpaired) electrons. The van der Waals surface area contributed by atoms with E-state index in [1.54, 1.807) is 12.1 Å². The number of aromatic nitrogens is 1. The molecule has 0 spiro atoms. The Hall–Kier alpha value is -1.16. The van der Waals surface area contributed by atoms with Gasteiger partial charge in [0.1, 0.15) is 5.82 Å². The lowest BCUT2D eigenvalue weighted by atomic mass is 10.1. The Morgan fingerprint density at radius 2 is 2.07 bits per heavy atom. The Balaban J connectivity index is 3.02. The second-order valence-electron chi connectivity index (χ2n) is 3.11. The molecule has 0 saturated carbocycles. The summed E-state index contributed by atoms with van der Waals surface area (Å²) in [6.45, 7) is 1.85. The molecule has 2 aromatic rings. The van der Waals surface area contributed by atoms with E-state index in [0.717, 1.165) is 16.2 Å². The molecule has 1 aromatic heterocycles. The summed E-state index contributed by atoms with van der Waals surface area (Å²) in [5, 5.41) is 0.719. The van der Waals surface area contributed by atoms with Crippen molar-refractivity contribution in [3.05, 3.63) is 44.5 Å². The van der Waals surface area contributed by atoms with Crippen LogP contribution in [0.3, 0.4) is 0 Å². The SMILES string of the molecule is Cc1cc2c(F)c[nH]c(=O)c2cc1Br. The second kappa shape index (κ2) is 3.20. The van der Waals surface area contributed by atoms with Gasteiger partial charge in [-0.3, -0.25) is 4.79 Å². The van der Waals surface area contributed by atoms with Crippen molar-refractivity contribution in [1.29, 1.82) is 0 Å². The topological polar surface area (TPSA) is 32.9 Å². The highest BCUT2D eigenvalue weighted by Gasteiger charge is 2.06. The molecule has 0 aliphatic carbocycles. The van der Waals surface area contributed by atoms with Gasteiger partial charge in [0.2, 0.25) is 0 Å². The standard InChI is InChI=1S/C10H7BrFNO/c1-5-2-6-7(3-8(5)11)10(14)13-4-9(6)12/h2-4H,1H3,(H,13,14). The largest absolute Gasteiger partial charge is 0.326 e. The Morgan fingerprint density at radius 3 is 2.79 bits per heavy atom. The van der Waals surface area contributed by atoms with E-state index in [2.05, 4.69) is 20.9 Å². The zero-order valence-corrected chi connectivity index (χ0v) is 8.98. The molecule has 0 atom stereocenters. The Morgan fingerprint density at radius 1 is 1.36 bits per heavy atom. The molecule has 0 amide bonds. The van der Waals surface area contributed by atoms with Crippen LogP contribution in [0.2, 0.25) is 0 Å². The molecule has 72 valence electrons. The Labute approximate surface area is 87.9 Å². The number of pyridine rings is 1. The molecular formula is C10H7BrFNO. The van der Waals surface area contributed by atoms with Crippen molar-refractivity contribution in [3.63, 3.8) is 0 Å². The number of hydrogen-bond donors (Lipinski definition) is 1. The van der Waals surface area contributed by atoms with Gasteiger partial charge in [-0.1, -0.05) is 15.9 Å². The quantitative estimate of drug-likeness (QED) is 0.772. The third kappa shape index (κ3) is 1.35. The van der Waals surface area contributed by atoms with Crippen molar-refractivity contribution in [2.24, 2.45) is 0 Å². The van der Waals surface area contributed by atoms with Crippen LogP contribution in [0.25, 0.3) is 10.8 Å². The number of aryl methyl sites for hydroxylation is 1. The summed E-state index contributed by atoms with van der Waals surface area (Å²) in [5.74, 6) is -0.407. The van der Waals surface area contributed by atoms with Gasteiger partial charge < -0.3 is 4.98 Å². The van der Waals surface area contributed by atoms with Crippen molar-refractivity contribution in [1.82, 2.24) is 4.98 Å². The zero-order valence-electron chi connectivity index (χ0n) is 7.40. The normalized spacial score (nSPS) is 10.8. The third-order valence-corrected chi connectivity index (χ3v) is 2.99. The number of fused-ring (bicyclic) bond motifs is 1. The first-order chi connectivity index (χ1) is 6.59. The molecule has 0 unspecified atom stereocenters. The molecular weight excluding hydrogens is 249 g/mol. The highest BCUT2D eigenvalue weighted by Crippen LogP contribution is 2.22. The summed E-state index contributed by atoms with van der Waals surface area (Å²) >= 11 is 3.30. The van der Waals surface area contributed by atoms with Gasteiger partial charge in [0.05, 0.1) is 5.39 Å². The molecule has 0 saturated heterocycles. The number of aromatic amines is 1. The molecule has 0 bridgehead atoms. The fourth-order valence-electron chi connectivity index (χ4n) is 1.35. The van der Waals surface area contributed by atoms with Crippen LogP contribution >= 0.6 is 15.9 Å². The van der Waals surface area contributed by atoms with Crippen molar-refractivity contribution in [2.45, 2.75) is 6.92 Å². The number of benzene rings is 1. The lowest BCUT2D eigenvalue weighted by Crippen LogP contribution is -2.06. The highest BCUT2D eigenvalue weighted by atomic mass is 79.9. The first-order valence-electron chi connectivity index (χ1n) is 4.06. The van der Waals surface area contributed by atoms with E-state index >= 15 is 0 Å². The van der Waals surface area contributed by atoms with E-state index < -0.39 is 5.82 Å². The molecule has 0 fully saturated rings. The fourth-order valence-corrected chi connectivity index (χ4v) is 1.69. The summed E-state index contributed by atoms with van der Waals surface area (Å²) in [6.07, 6.45) is 1.08. The molecule has 14 heavy (non-hydrogen) atoms. The molecule has 2 rings (SSSR count). The van der Waals surface area contributed by atoms with E-state index in [1.165, 1.54) is 0 Å². The lowest BCUT2D eigenvalue weighted by molar-refractivity contribution is 0.633. The molecule has 1 heterocycles. The van der Waals surface area contributed by atoms with Crippen LogP contribution < -0.4 is 5.56 Å². The van der Waals surface area contributed by atoms with Gasteiger partial charge in [-0.25, -0.2) is 4.39 Å². The van der Waals surface area contributed by atoms with Gasteiger partial charge in [0, 0.05) is 16.1 Å². The average Bonchev–Trinajstić information content (AvgIpc) is 2.15. The molecule has 1 aromatic carbocycles. The predicted molar refractivity (Wildman–Crippen MR) is 57.0 cm³/mol. The number of nitrogens with one attached hydrogen (secondary N) is 1. The number of H-pyrrole nitrogens is 1. The van der Waals surface area contributed by atoms with Crippen molar-refractivity contribution >= 4 is 26.7 Å². The highest BCUT2D eigenvalue weighted by molar-refractivity contribution is 9.10. The van der Waals surface area contributed by atoms with E-state index in [1.807, 2.05) is 6.92 Å². The van der Waals surface area contributed by atoms with Crippen LogP contribution in [0.4, 0.5) is 4.39 Å². The zero-order chi connectivity index (χ0) is 10.3. The van der Waals surface area contributed by atoms with E-state index in [0.29, 0.717) is 10.8 Å². The van der Waals surface area contributed by atoms with E-state index in [-0.39, 0.29) is 5.56 Å². The molecule has 1 N–H and O–H groups in total. The van der Waals surface area contributed by atoms with Crippen molar-refractivity contribution in [3.8, 4) is 0 Å². The maximum absolute atomic E-state index is 13.3. The minimum atomic E-state index is -0.407. The molecule has 4 heteroatoms. The van der Waals surface area contributed by atoms with Gasteiger partial charge in [-0.15, -0.1) is 0 Å². The van der Waals surface area contributed by atoms with Gasteiger partial charge in [0.25, 0.3) is 5.56 Å². The number of hydrogen-bond acceptors (Lipinski definition) is 1. The summed E-state index contributed by atoms with van der Waals surface area (Å²) < 4.78 is 14.1. The Bertz CT molecular complexity index is 562. The van der Waals surface area contributed by atoms with Gasteiger partial charge >= 0.3 is 0 Å². The summed E-state index contributed by atoms with van der Waals surface area (Å²) in [4.78, 5) is 13.7. The predicted octanol–water partition coefficient (Wildman–Crippen LogP) is 2.74. The maximum atomic E-state index is 13.3. The second-order valence-corrected chi connectivity index (χ2v) is 3.97. The maximum Gasteiger partial charge on any atom is 0.256 e. The van der Waals surface area contributed by atoms with E-state index in [4.69, 9.17) is 0 Å². The summed E-state index contributed by atoms with van der Waals surface area (Å²) in [7, 11) is 0. The number of rotatable bonds is 0. The smallest absolute Gasteiger partial charge is 0.256 e. The van der Waals surface area contributed by atoms with Crippen LogP contribution in [0.1, 0.15) is 5.56 Å².